The molecule has 0 spiro atoms. The molecule has 2 heterocycles. The van der Waals surface area contributed by atoms with E-state index in [9.17, 15) is 0 Å². The fraction of sp³-hybridized carbons (Fsp3) is 0.714. The number of aromatic nitrogens is 2. The standard InChI is InChI=1S/C14H21BrN4O/c1-2-5-19-6-7-20-10(8-19)14-17-12(9-3-4-9)11(15)13(16)18-14/h9-10H,2-8H2,1H3,(H2,16,17,18). The second kappa shape index (κ2) is 5.95. The van der Waals surface area contributed by atoms with Crippen LogP contribution < -0.4 is 5.73 Å². The minimum Gasteiger partial charge on any atom is -0.383 e. The van der Waals surface area contributed by atoms with E-state index in [-0.39, 0.29) is 6.10 Å². The number of ether oxygens (including phenoxy) is 1. The molecule has 6 heteroatoms. The zero-order valence-corrected chi connectivity index (χ0v) is 13.4. The quantitative estimate of drug-likeness (QED) is 0.912. The minimum atomic E-state index is -0.0526. The van der Waals surface area contributed by atoms with Crippen molar-refractivity contribution in [1.82, 2.24) is 14.9 Å². The Labute approximate surface area is 128 Å². The minimum absolute atomic E-state index is 0.0526. The Kier molecular flexibility index (Phi) is 4.23. The summed E-state index contributed by atoms with van der Waals surface area (Å²) in [6.07, 6.45) is 3.50. The molecular weight excluding hydrogens is 320 g/mol. The molecule has 1 atom stereocenters. The second-order valence-electron chi connectivity index (χ2n) is 5.60. The molecule has 0 bridgehead atoms. The van der Waals surface area contributed by atoms with Crippen LogP contribution in [0.4, 0.5) is 5.82 Å². The molecule has 0 aromatic carbocycles. The van der Waals surface area contributed by atoms with Gasteiger partial charge < -0.3 is 10.5 Å². The molecule has 1 unspecified atom stereocenters. The molecular formula is C14H21BrN4O. The van der Waals surface area contributed by atoms with Crippen molar-refractivity contribution < 1.29 is 4.74 Å². The topological polar surface area (TPSA) is 64.3 Å². The van der Waals surface area contributed by atoms with E-state index in [4.69, 9.17) is 15.5 Å². The Morgan fingerprint density at radius 2 is 2.20 bits per heavy atom. The van der Waals surface area contributed by atoms with Gasteiger partial charge in [0.1, 0.15) is 11.9 Å². The Morgan fingerprint density at radius 1 is 1.40 bits per heavy atom. The zero-order valence-electron chi connectivity index (χ0n) is 11.8. The molecule has 2 fully saturated rings. The first-order valence-corrected chi connectivity index (χ1v) is 8.15. The van der Waals surface area contributed by atoms with Crippen molar-refractivity contribution in [3.63, 3.8) is 0 Å². The molecule has 0 radical (unpaired) electrons. The van der Waals surface area contributed by atoms with Gasteiger partial charge in [-0.25, -0.2) is 9.97 Å². The summed E-state index contributed by atoms with van der Waals surface area (Å²) in [6.45, 7) is 5.89. The summed E-state index contributed by atoms with van der Waals surface area (Å²) in [4.78, 5) is 11.6. The second-order valence-corrected chi connectivity index (χ2v) is 6.39. The van der Waals surface area contributed by atoms with Gasteiger partial charge in [-0.1, -0.05) is 6.92 Å². The summed E-state index contributed by atoms with van der Waals surface area (Å²) in [6, 6.07) is 0. The lowest BCUT2D eigenvalue weighted by molar-refractivity contribution is -0.0342. The van der Waals surface area contributed by atoms with Crippen LogP contribution in [0.1, 0.15) is 49.7 Å². The molecule has 0 amide bonds. The van der Waals surface area contributed by atoms with Gasteiger partial charge in [-0.15, -0.1) is 0 Å². The molecule has 1 aromatic rings. The Hall–Kier alpha value is -0.720. The van der Waals surface area contributed by atoms with Crippen molar-refractivity contribution in [2.45, 2.75) is 38.2 Å². The van der Waals surface area contributed by atoms with Gasteiger partial charge in [-0.05, 0) is 41.7 Å². The smallest absolute Gasteiger partial charge is 0.161 e. The number of morpholine rings is 1. The molecule has 20 heavy (non-hydrogen) atoms. The van der Waals surface area contributed by atoms with Gasteiger partial charge in [0, 0.05) is 19.0 Å². The van der Waals surface area contributed by atoms with Gasteiger partial charge in [0.25, 0.3) is 0 Å². The van der Waals surface area contributed by atoms with Gasteiger partial charge in [0.2, 0.25) is 0 Å². The fourth-order valence-electron chi connectivity index (χ4n) is 2.65. The van der Waals surface area contributed by atoms with E-state index < -0.39 is 0 Å². The predicted molar refractivity (Wildman–Crippen MR) is 81.5 cm³/mol. The summed E-state index contributed by atoms with van der Waals surface area (Å²) in [5, 5.41) is 0. The molecule has 1 aromatic heterocycles. The molecule has 2 N–H and O–H groups in total. The van der Waals surface area contributed by atoms with Crippen LogP contribution in [0.3, 0.4) is 0 Å². The average molecular weight is 341 g/mol. The van der Waals surface area contributed by atoms with Gasteiger partial charge in [0.15, 0.2) is 5.82 Å². The van der Waals surface area contributed by atoms with Crippen molar-refractivity contribution in [2.24, 2.45) is 0 Å². The van der Waals surface area contributed by atoms with Gasteiger partial charge in [0.05, 0.1) is 16.8 Å². The number of anilines is 1. The van der Waals surface area contributed by atoms with E-state index in [1.165, 1.54) is 12.8 Å². The Bertz CT molecular complexity index is 490. The van der Waals surface area contributed by atoms with Crippen LogP contribution in [-0.4, -0.2) is 41.1 Å². The molecule has 1 saturated heterocycles. The van der Waals surface area contributed by atoms with E-state index in [0.717, 1.165) is 48.7 Å². The highest BCUT2D eigenvalue weighted by Crippen LogP contribution is 2.43. The van der Waals surface area contributed by atoms with Crippen LogP contribution in [0, 0.1) is 0 Å². The SMILES string of the molecule is CCCN1CCOC(c2nc(N)c(Br)c(C3CC3)n2)C1. The third-order valence-corrected chi connectivity index (χ3v) is 4.67. The van der Waals surface area contributed by atoms with Gasteiger partial charge in [-0.3, -0.25) is 4.90 Å². The Morgan fingerprint density at radius 3 is 2.90 bits per heavy atom. The number of hydrogen-bond acceptors (Lipinski definition) is 5. The number of nitrogens with two attached hydrogens (primary N) is 1. The maximum Gasteiger partial charge on any atom is 0.161 e. The highest BCUT2D eigenvalue weighted by atomic mass is 79.9. The van der Waals surface area contributed by atoms with E-state index in [1.807, 2.05) is 0 Å². The van der Waals surface area contributed by atoms with Crippen LogP contribution >= 0.6 is 15.9 Å². The maximum atomic E-state index is 6.02. The number of nitrogen functional groups attached to an aromatic ring is 1. The molecule has 2 aliphatic rings. The summed E-state index contributed by atoms with van der Waals surface area (Å²) in [7, 11) is 0. The van der Waals surface area contributed by atoms with Crippen LogP contribution in [-0.2, 0) is 4.74 Å². The van der Waals surface area contributed by atoms with Crippen molar-refractivity contribution >= 4 is 21.7 Å². The highest BCUT2D eigenvalue weighted by Gasteiger charge is 2.31. The summed E-state index contributed by atoms with van der Waals surface area (Å²) < 4.78 is 6.72. The molecule has 1 saturated carbocycles. The first kappa shape index (κ1) is 14.2. The lowest BCUT2D eigenvalue weighted by Gasteiger charge is -2.32. The molecule has 1 aliphatic carbocycles. The lowest BCUT2D eigenvalue weighted by Crippen LogP contribution is -2.39. The van der Waals surface area contributed by atoms with Crippen LogP contribution in [0.15, 0.2) is 4.47 Å². The van der Waals surface area contributed by atoms with Crippen LogP contribution in [0.25, 0.3) is 0 Å². The van der Waals surface area contributed by atoms with Crippen molar-refractivity contribution in [1.29, 1.82) is 0 Å². The number of hydrogen-bond donors (Lipinski definition) is 1. The van der Waals surface area contributed by atoms with E-state index in [0.29, 0.717) is 11.7 Å². The van der Waals surface area contributed by atoms with Crippen molar-refractivity contribution in [3.05, 3.63) is 16.0 Å². The monoisotopic (exact) mass is 340 g/mol. The van der Waals surface area contributed by atoms with Crippen molar-refractivity contribution in [3.8, 4) is 0 Å². The van der Waals surface area contributed by atoms with E-state index >= 15 is 0 Å². The van der Waals surface area contributed by atoms with Gasteiger partial charge in [-0.2, -0.15) is 0 Å². The van der Waals surface area contributed by atoms with E-state index in [1.54, 1.807) is 0 Å². The maximum absolute atomic E-state index is 6.02. The largest absolute Gasteiger partial charge is 0.383 e. The van der Waals surface area contributed by atoms with Crippen LogP contribution in [0.2, 0.25) is 0 Å². The lowest BCUT2D eigenvalue weighted by atomic mass is 10.2. The van der Waals surface area contributed by atoms with Crippen LogP contribution in [0.5, 0.6) is 0 Å². The number of nitrogens with zero attached hydrogens (tertiary/aromatic N) is 3. The highest BCUT2D eigenvalue weighted by molar-refractivity contribution is 9.10. The third kappa shape index (κ3) is 2.97. The third-order valence-electron chi connectivity index (χ3n) is 3.86. The first-order valence-electron chi connectivity index (χ1n) is 7.35. The normalized spacial score (nSPS) is 24.0. The Balaban J connectivity index is 1.82. The molecule has 1 aliphatic heterocycles. The average Bonchev–Trinajstić information content (AvgIpc) is 3.27. The zero-order chi connectivity index (χ0) is 14.1. The first-order chi connectivity index (χ1) is 9.69. The molecule has 5 nitrogen and oxygen atoms in total. The molecule has 3 rings (SSSR count). The fourth-order valence-corrected chi connectivity index (χ4v) is 3.15. The number of halogens is 1. The summed E-state index contributed by atoms with van der Waals surface area (Å²) in [5.41, 5.74) is 7.08. The summed E-state index contributed by atoms with van der Waals surface area (Å²) in [5.74, 6) is 1.82. The number of rotatable bonds is 4. The van der Waals surface area contributed by atoms with E-state index in [2.05, 4.69) is 32.7 Å². The predicted octanol–water partition coefficient (Wildman–Crippen LogP) is 2.48. The summed E-state index contributed by atoms with van der Waals surface area (Å²) >= 11 is 3.51. The van der Waals surface area contributed by atoms with Gasteiger partial charge >= 0.3 is 0 Å². The van der Waals surface area contributed by atoms with Crippen molar-refractivity contribution in [2.75, 3.05) is 32.0 Å². The molecule has 110 valence electrons.